The number of rotatable bonds is 3. The van der Waals surface area contributed by atoms with Gasteiger partial charge in [-0.2, -0.15) is 4.98 Å². The zero-order chi connectivity index (χ0) is 14.0. The number of amides is 1. The second kappa shape index (κ2) is 5.46. The number of nitrogens with zero attached hydrogens (tertiary/aromatic N) is 2. The van der Waals surface area contributed by atoms with Gasteiger partial charge in [0.15, 0.2) is 0 Å². The fourth-order valence-electron chi connectivity index (χ4n) is 1.51. The predicted octanol–water partition coefficient (Wildman–Crippen LogP) is 2.18. The number of hydrogen-bond acceptors (Lipinski definition) is 4. The molecule has 8 heteroatoms. The van der Waals surface area contributed by atoms with E-state index >= 15 is 0 Å². The van der Waals surface area contributed by atoms with E-state index in [2.05, 4.69) is 20.5 Å². The first-order valence-corrected chi connectivity index (χ1v) is 6.16. The summed E-state index contributed by atoms with van der Waals surface area (Å²) in [5, 5.41) is 9.66. The summed E-state index contributed by atoms with van der Waals surface area (Å²) < 4.78 is 0. The van der Waals surface area contributed by atoms with Gasteiger partial charge >= 0.3 is 0 Å². The Morgan fingerprint density at radius 3 is 2.74 bits per heavy atom. The molecular formula is C11H11Cl2N5O. The number of nitrogens with one attached hydrogen (secondary N) is 2. The molecule has 0 aliphatic carbocycles. The molecule has 2 rings (SSSR count). The number of carbonyl (C=O) groups excluding carboxylic acids is 1. The third-order valence-electron chi connectivity index (χ3n) is 2.51. The molecule has 0 aliphatic heterocycles. The summed E-state index contributed by atoms with van der Waals surface area (Å²) in [4.78, 5) is 15.6. The standard InChI is InChI=1S/C11H11Cl2N5O/c1-5(6-2-3-7(12)8(13)4-6)15-10(19)9-16-11(14)18-17-9/h2-5H,1H3,(H,15,19)(H3,14,16,17,18). The average Bonchev–Trinajstić information content (AvgIpc) is 2.79. The third-order valence-corrected chi connectivity index (χ3v) is 3.25. The molecule has 0 aliphatic rings. The Kier molecular flexibility index (Phi) is 3.92. The van der Waals surface area contributed by atoms with Crippen LogP contribution in [-0.2, 0) is 0 Å². The van der Waals surface area contributed by atoms with Gasteiger partial charge in [0.2, 0.25) is 11.8 Å². The van der Waals surface area contributed by atoms with Crippen molar-refractivity contribution < 1.29 is 4.79 Å². The second-order valence-corrected chi connectivity index (χ2v) is 4.73. The van der Waals surface area contributed by atoms with Crippen molar-refractivity contribution in [3.63, 3.8) is 0 Å². The van der Waals surface area contributed by atoms with Crippen LogP contribution in [0, 0.1) is 0 Å². The van der Waals surface area contributed by atoms with Crippen molar-refractivity contribution in [1.29, 1.82) is 0 Å². The molecule has 1 aromatic carbocycles. The van der Waals surface area contributed by atoms with Crippen molar-refractivity contribution in [2.75, 3.05) is 5.73 Å². The van der Waals surface area contributed by atoms with Crippen LogP contribution in [0.1, 0.15) is 29.1 Å². The summed E-state index contributed by atoms with van der Waals surface area (Å²) in [5.74, 6) is -0.320. The van der Waals surface area contributed by atoms with Gasteiger partial charge in [-0.3, -0.25) is 9.89 Å². The molecule has 19 heavy (non-hydrogen) atoms. The molecule has 0 fully saturated rings. The number of halogens is 2. The number of aromatic amines is 1. The first-order chi connectivity index (χ1) is 8.97. The monoisotopic (exact) mass is 299 g/mol. The minimum atomic E-state index is -0.400. The molecule has 1 atom stereocenters. The zero-order valence-electron chi connectivity index (χ0n) is 9.95. The number of hydrogen-bond donors (Lipinski definition) is 3. The van der Waals surface area contributed by atoms with E-state index in [9.17, 15) is 4.79 Å². The highest BCUT2D eigenvalue weighted by atomic mass is 35.5. The number of nitrogen functional groups attached to an aromatic ring is 1. The molecule has 1 heterocycles. The minimum absolute atomic E-state index is 0.0207. The van der Waals surface area contributed by atoms with Crippen molar-refractivity contribution in [3.8, 4) is 0 Å². The van der Waals surface area contributed by atoms with E-state index < -0.39 is 5.91 Å². The summed E-state index contributed by atoms with van der Waals surface area (Å²) >= 11 is 11.8. The van der Waals surface area contributed by atoms with E-state index in [1.54, 1.807) is 18.2 Å². The van der Waals surface area contributed by atoms with E-state index in [4.69, 9.17) is 28.9 Å². The van der Waals surface area contributed by atoms with E-state index in [0.717, 1.165) is 5.56 Å². The number of aromatic nitrogens is 3. The van der Waals surface area contributed by atoms with Crippen molar-refractivity contribution in [3.05, 3.63) is 39.6 Å². The normalized spacial score (nSPS) is 12.2. The maximum absolute atomic E-state index is 11.8. The van der Waals surface area contributed by atoms with Crippen LogP contribution >= 0.6 is 23.2 Å². The lowest BCUT2D eigenvalue weighted by molar-refractivity contribution is 0.0930. The molecule has 100 valence electrons. The maximum atomic E-state index is 11.8. The molecule has 0 saturated carbocycles. The summed E-state index contributed by atoms with van der Waals surface area (Å²) in [5.41, 5.74) is 6.16. The quantitative estimate of drug-likeness (QED) is 0.809. The molecular weight excluding hydrogens is 289 g/mol. The van der Waals surface area contributed by atoms with Crippen LogP contribution in [0.25, 0.3) is 0 Å². The zero-order valence-corrected chi connectivity index (χ0v) is 11.5. The first kappa shape index (κ1) is 13.6. The minimum Gasteiger partial charge on any atom is -0.366 e. The Hall–Kier alpha value is -1.79. The Morgan fingerprint density at radius 2 is 2.16 bits per heavy atom. The summed E-state index contributed by atoms with van der Waals surface area (Å²) in [6.45, 7) is 1.82. The van der Waals surface area contributed by atoms with Gasteiger partial charge in [0.05, 0.1) is 16.1 Å². The number of nitrogens with two attached hydrogens (primary N) is 1. The van der Waals surface area contributed by atoms with Gasteiger partial charge in [0, 0.05) is 0 Å². The van der Waals surface area contributed by atoms with Crippen LogP contribution in [-0.4, -0.2) is 21.1 Å². The van der Waals surface area contributed by atoms with E-state index in [-0.39, 0.29) is 17.8 Å². The van der Waals surface area contributed by atoms with Gasteiger partial charge in [0.25, 0.3) is 5.91 Å². The molecule has 1 amide bonds. The van der Waals surface area contributed by atoms with Gasteiger partial charge in [-0.05, 0) is 24.6 Å². The largest absolute Gasteiger partial charge is 0.366 e. The lowest BCUT2D eigenvalue weighted by atomic mass is 10.1. The smallest absolute Gasteiger partial charge is 0.289 e. The lowest BCUT2D eigenvalue weighted by Gasteiger charge is -2.13. The highest BCUT2D eigenvalue weighted by molar-refractivity contribution is 6.42. The van der Waals surface area contributed by atoms with Crippen LogP contribution in [0.15, 0.2) is 18.2 Å². The van der Waals surface area contributed by atoms with Crippen LogP contribution < -0.4 is 11.1 Å². The predicted molar refractivity (Wildman–Crippen MR) is 73.1 cm³/mol. The van der Waals surface area contributed by atoms with Gasteiger partial charge in [-0.15, -0.1) is 5.10 Å². The van der Waals surface area contributed by atoms with Crippen LogP contribution in [0.3, 0.4) is 0 Å². The van der Waals surface area contributed by atoms with Crippen LogP contribution in [0.5, 0.6) is 0 Å². The molecule has 0 spiro atoms. The molecule has 1 aromatic heterocycles. The molecule has 2 aromatic rings. The summed E-state index contributed by atoms with van der Waals surface area (Å²) in [6.07, 6.45) is 0. The fraction of sp³-hybridized carbons (Fsp3) is 0.182. The van der Waals surface area contributed by atoms with Crippen molar-refractivity contribution in [2.45, 2.75) is 13.0 Å². The Balaban J connectivity index is 2.10. The Morgan fingerprint density at radius 1 is 1.42 bits per heavy atom. The lowest BCUT2D eigenvalue weighted by Crippen LogP contribution is -2.27. The first-order valence-electron chi connectivity index (χ1n) is 5.41. The van der Waals surface area contributed by atoms with E-state index in [0.29, 0.717) is 10.0 Å². The third kappa shape index (κ3) is 3.15. The summed E-state index contributed by atoms with van der Waals surface area (Å²) in [6, 6.07) is 4.90. The van der Waals surface area contributed by atoms with Crippen LogP contribution in [0.4, 0.5) is 5.95 Å². The number of benzene rings is 1. The fourth-order valence-corrected chi connectivity index (χ4v) is 1.81. The Labute approximate surface area is 119 Å². The van der Waals surface area contributed by atoms with Crippen molar-refractivity contribution >= 4 is 35.1 Å². The average molecular weight is 300 g/mol. The second-order valence-electron chi connectivity index (χ2n) is 3.91. The van der Waals surface area contributed by atoms with E-state index in [1.165, 1.54) is 0 Å². The number of anilines is 1. The van der Waals surface area contributed by atoms with Crippen molar-refractivity contribution in [1.82, 2.24) is 20.5 Å². The topological polar surface area (TPSA) is 96.7 Å². The Bertz CT molecular complexity index is 613. The molecule has 0 saturated heterocycles. The maximum Gasteiger partial charge on any atom is 0.289 e. The molecule has 0 bridgehead atoms. The van der Waals surface area contributed by atoms with Gasteiger partial charge in [0.1, 0.15) is 0 Å². The number of H-pyrrole nitrogens is 1. The molecule has 0 radical (unpaired) electrons. The summed E-state index contributed by atoms with van der Waals surface area (Å²) in [7, 11) is 0. The van der Waals surface area contributed by atoms with Gasteiger partial charge in [-0.25, -0.2) is 0 Å². The van der Waals surface area contributed by atoms with E-state index in [1.807, 2.05) is 6.92 Å². The van der Waals surface area contributed by atoms with Gasteiger partial charge < -0.3 is 11.1 Å². The highest BCUT2D eigenvalue weighted by Gasteiger charge is 2.15. The SMILES string of the molecule is CC(NC(=O)c1nc(N)n[nH]1)c1ccc(Cl)c(Cl)c1. The molecule has 4 N–H and O–H groups in total. The van der Waals surface area contributed by atoms with Gasteiger partial charge in [-0.1, -0.05) is 29.3 Å². The molecule has 6 nitrogen and oxygen atoms in total. The van der Waals surface area contributed by atoms with Crippen molar-refractivity contribution in [2.24, 2.45) is 0 Å². The highest BCUT2D eigenvalue weighted by Crippen LogP contribution is 2.25. The number of carbonyl (C=O) groups is 1. The molecule has 1 unspecified atom stereocenters. The van der Waals surface area contributed by atoms with Crippen LogP contribution in [0.2, 0.25) is 10.0 Å².